The van der Waals surface area contributed by atoms with Crippen LogP contribution in [-0.4, -0.2) is 20.2 Å². The molecule has 0 amide bonds. The molecule has 0 aliphatic carbocycles. The number of thiophene rings is 1. The van der Waals surface area contributed by atoms with Crippen LogP contribution in [-0.2, 0) is 6.54 Å². The van der Waals surface area contributed by atoms with E-state index in [1.54, 1.807) is 11.3 Å². The quantitative estimate of drug-likeness (QED) is 0.372. The molecule has 5 rings (SSSR count). The van der Waals surface area contributed by atoms with Gasteiger partial charge in [0.05, 0.1) is 18.2 Å². The van der Waals surface area contributed by atoms with Crippen molar-refractivity contribution in [1.82, 2.24) is 20.4 Å². The number of hydrogen-bond donors (Lipinski definition) is 1. The molecule has 1 N–H and O–H groups in total. The van der Waals surface area contributed by atoms with E-state index in [-0.39, 0.29) is 6.04 Å². The van der Waals surface area contributed by atoms with Crippen molar-refractivity contribution >= 4 is 34.2 Å². The first-order chi connectivity index (χ1) is 15.6. The third-order valence-electron chi connectivity index (χ3n) is 5.59. The summed E-state index contributed by atoms with van der Waals surface area (Å²) in [6.07, 6.45) is 0. The maximum absolute atomic E-state index is 5.80. The second-order valence-electron chi connectivity index (χ2n) is 7.75. The van der Waals surface area contributed by atoms with Crippen LogP contribution in [0.15, 0.2) is 82.3 Å². The normalized spacial score (nSPS) is 16.4. The highest BCUT2D eigenvalue weighted by Crippen LogP contribution is 2.38. The fourth-order valence-electron chi connectivity index (χ4n) is 3.86. The van der Waals surface area contributed by atoms with Crippen molar-refractivity contribution in [3.63, 3.8) is 0 Å². The van der Waals surface area contributed by atoms with Crippen molar-refractivity contribution in [2.24, 2.45) is 0 Å². The van der Waals surface area contributed by atoms with E-state index >= 15 is 0 Å². The Labute approximate surface area is 196 Å². The van der Waals surface area contributed by atoms with Gasteiger partial charge in [-0.25, -0.2) is 0 Å². The van der Waals surface area contributed by atoms with Gasteiger partial charge < -0.3 is 14.7 Å². The predicted molar refractivity (Wildman–Crippen MR) is 132 cm³/mol. The molecule has 7 heteroatoms. The van der Waals surface area contributed by atoms with Crippen LogP contribution in [0.5, 0.6) is 0 Å². The highest BCUT2D eigenvalue weighted by atomic mass is 32.1. The molecule has 2 aromatic carbocycles. The molecule has 0 fully saturated rings. The van der Waals surface area contributed by atoms with E-state index in [4.69, 9.17) is 21.7 Å². The monoisotopic (exact) mass is 458 g/mol. The first kappa shape index (κ1) is 20.6. The maximum atomic E-state index is 5.80. The van der Waals surface area contributed by atoms with Crippen LogP contribution < -0.4 is 5.32 Å². The summed E-state index contributed by atoms with van der Waals surface area (Å²) in [5.41, 5.74) is 5.15. The summed E-state index contributed by atoms with van der Waals surface area (Å²) < 4.78 is 5.80. The smallest absolute Gasteiger partial charge is 0.258 e. The van der Waals surface area contributed by atoms with Gasteiger partial charge in [-0.1, -0.05) is 71.4 Å². The summed E-state index contributed by atoms with van der Waals surface area (Å²) in [5, 5.41) is 10.5. The lowest BCUT2D eigenvalue weighted by atomic mass is 9.95. The van der Waals surface area contributed by atoms with Gasteiger partial charge >= 0.3 is 0 Å². The molecule has 1 aliphatic heterocycles. The van der Waals surface area contributed by atoms with Crippen LogP contribution in [0, 0.1) is 6.92 Å². The lowest BCUT2D eigenvalue weighted by molar-refractivity contribution is 0.396. The number of aromatic nitrogens is 2. The largest absolute Gasteiger partial charge is 0.351 e. The van der Waals surface area contributed by atoms with Gasteiger partial charge in [-0.3, -0.25) is 0 Å². The van der Waals surface area contributed by atoms with Gasteiger partial charge in [-0.05, 0) is 43.1 Å². The fourth-order valence-corrected chi connectivity index (χ4v) is 4.87. The molecule has 2 aromatic heterocycles. The van der Waals surface area contributed by atoms with Gasteiger partial charge in [0.2, 0.25) is 5.82 Å². The second kappa shape index (κ2) is 8.68. The number of nitrogens with one attached hydrogen (secondary N) is 1. The van der Waals surface area contributed by atoms with E-state index in [0.717, 1.165) is 22.4 Å². The average molecular weight is 459 g/mol. The Balaban J connectivity index is 1.59. The topological polar surface area (TPSA) is 54.2 Å². The molecular formula is C25H22N4OS2. The Kier molecular flexibility index (Phi) is 5.59. The van der Waals surface area contributed by atoms with Crippen molar-refractivity contribution < 1.29 is 4.52 Å². The molecule has 1 aliphatic rings. The van der Waals surface area contributed by atoms with Crippen molar-refractivity contribution in [2.45, 2.75) is 26.4 Å². The maximum Gasteiger partial charge on any atom is 0.258 e. The van der Waals surface area contributed by atoms with Crippen LogP contribution >= 0.6 is 23.6 Å². The van der Waals surface area contributed by atoms with Crippen molar-refractivity contribution in [1.29, 1.82) is 0 Å². The molecule has 160 valence electrons. The van der Waals surface area contributed by atoms with Crippen molar-refractivity contribution in [2.75, 3.05) is 0 Å². The lowest BCUT2D eigenvalue weighted by Crippen LogP contribution is -2.45. The van der Waals surface area contributed by atoms with E-state index in [1.165, 1.54) is 10.4 Å². The minimum Gasteiger partial charge on any atom is -0.351 e. The fraction of sp³-hybridized carbons (Fsp3) is 0.160. The highest BCUT2D eigenvalue weighted by molar-refractivity contribution is 7.80. The predicted octanol–water partition coefficient (Wildman–Crippen LogP) is 5.97. The molecule has 5 nitrogen and oxygen atoms in total. The second-order valence-corrected chi connectivity index (χ2v) is 9.17. The lowest BCUT2D eigenvalue weighted by Gasteiger charge is -2.37. The Morgan fingerprint density at radius 2 is 1.81 bits per heavy atom. The van der Waals surface area contributed by atoms with Crippen LogP contribution in [0.1, 0.15) is 34.9 Å². The summed E-state index contributed by atoms with van der Waals surface area (Å²) in [7, 11) is 0. The number of hydrogen-bond acceptors (Lipinski definition) is 5. The van der Waals surface area contributed by atoms with Crippen LogP contribution in [0.4, 0.5) is 0 Å². The molecule has 0 bridgehead atoms. The SMILES string of the molecule is CC1=C(c2nc(-c3ccc(C)cc3)no2)C(c2ccccc2)NC(=S)N1Cc1cccs1. The third-order valence-corrected chi connectivity index (χ3v) is 6.79. The first-order valence-corrected chi connectivity index (χ1v) is 11.7. The molecule has 1 unspecified atom stereocenters. The Morgan fingerprint density at radius 3 is 2.53 bits per heavy atom. The van der Waals surface area contributed by atoms with Gasteiger partial charge in [0.25, 0.3) is 5.89 Å². The number of benzene rings is 2. The van der Waals surface area contributed by atoms with Crippen molar-refractivity contribution in [3.05, 3.63) is 99.7 Å². The minimum absolute atomic E-state index is 0.172. The number of allylic oxidation sites excluding steroid dienone is 1. The zero-order valence-electron chi connectivity index (χ0n) is 17.8. The third kappa shape index (κ3) is 3.97. The van der Waals surface area contributed by atoms with Crippen LogP contribution in [0.2, 0.25) is 0 Å². The summed E-state index contributed by atoms with van der Waals surface area (Å²) in [4.78, 5) is 8.11. The summed E-state index contributed by atoms with van der Waals surface area (Å²) in [5.74, 6) is 1.07. The zero-order chi connectivity index (χ0) is 22.1. The summed E-state index contributed by atoms with van der Waals surface area (Å²) in [6.45, 7) is 4.82. The van der Waals surface area contributed by atoms with Crippen LogP contribution in [0.25, 0.3) is 17.0 Å². The molecule has 0 spiro atoms. The van der Waals surface area contributed by atoms with E-state index in [2.05, 4.69) is 58.9 Å². The van der Waals surface area contributed by atoms with Gasteiger partial charge in [-0.2, -0.15) is 4.98 Å². The van der Waals surface area contributed by atoms with E-state index in [1.807, 2.05) is 42.5 Å². The number of rotatable bonds is 5. The molecule has 0 saturated heterocycles. The first-order valence-electron chi connectivity index (χ1n) is 10.4. The molecular weight excluding hydrogens is 436 g/mol. The standard InChI is InChI=1S/C25H22N4OS2/c1-16-10-12-19(13-11-16)23-27-24(30-28-23)21-17(2)29(15-20-9-6-14-32-20)25(31)26-22(21)18-7-4-3-5-8-18/h3-14,22H,15H2,1-2H3,(H,26,31). The van der Waals surface area contributed by atoms with E-state index < -0.39 is 0 Å². The molecule has 4 aromatic rings. The molecule has 3 heterocycles. The van der Waals surface area contributed by atoms with Crippen LogP contribution in [0.3, 0.4) is 0 Å². The Morgan fingerprint density at radius 1 is 1.03 bits per heavy atom. The van der Waals surface area contributed by atoms with E-state index in [0.29, 0.717) is 23.4 Å². The van der Waals surface area contributed by atoms with E-state index in [9.17, 15) is 0 Å². The highest BCUT2D eigenvalue weighted by Gasteiger charge is 2.34. The van der Waals surface area contributed by atoms with Gasteiger partial charge in [-0.15, -0.1) is 11.3 Å². The van der Waals surface area contributed by atoms with Gasteiger partial charge in [0.1, 0.15) is 0 Å². The molecule has 32 heavy (non-hydrogen) atoms. The summed E-state index contributed by atoms with van der Waals surface area (Å²) >= 11 is 7.48. The Bertz CT molecular complexity index is 1260. The molecule has 0 saturated carbocycles. The number of thiocarbonyl (C=S) groups is 1. The Hall–Kier alpha value is -3.29. The minimum atomic E-state index is -0.172. The zero-order valence-corrected chi connectivity index (χ0v) is 19.4. The van der Waals surface area contributed by atoms with Gasteiger partial charge in [0.15, 0.2) is 5.11 Å². The molecule has 1 atom stereocenters. The number of aryl methyl sites for hydroxylation is 1. The summed E-state index contributed by atoms with van der Waals surface area (Å²) in [6, 6.07) is 22.3. The average Bonchev–Trinajstić information content (AvgIpc) is 3.50. The number of nitrogens with zero attached hydrogens (tertiary/aromatic N) is 3. The molecule has 0 radical (unpaired) electrons. The van der Waals surface area contributed by atoms with Gasteiger partial charge in [0, 0.05) is 16.1 Å². The van der Waals surface area contributed by atoms with Crippen molar-refractivity contribution in [3.8, 4) is 11.4 Å².